The van der Waals surface area contributed by atoms with Crippen LogP contribution in [0.4, 0.5) is 5.69 Å². The Kier molecular flexibility index (Phi) is 2.62. The van der Waals surface area contributed by atoms with Crippen LogP contribution >= 0.6 is 0 Å². The third kappa shape index (κ3) is 1.96. The number of tetrazole rings is 1. The molecule has 0 atom stereocenters. The van der Waals surface area contributed by atoms with Gasteiger partial charge in [0, 0.05) is 12.2 Å². The summed E-state index contributed by atoms with van der Waals surface area (Å²) in [7, 11) is 0. The standard InChI is InChI=1S/C10H13N5/c1-3-11-9-5-4-6-10(7-9)15-8(2)12-13-14-15/h4-7,11H,3H2,1-2H3. The van der Waals surface area contributed by atoms with Crippen molar-refractivity contribution in [3.8, 4) is 5.69 Å². The van der Waals surface area contributed by atoms with Gasteiger partial charge >= 0.3 is 0 Å². The summed E-state index contributed by atoms with van der Waals surface area (Å²) in [5.74, 6) is 0.781. The molecule has 0 aliphatic rings. The minimum absolute atomic E-state index is 0.781. The molecule has 15 heavy (non-hydrogen) atoms. The summed E-state index contributed by atoms with van der Waals surface area (Å²) >= 11 is 0. The summed E-state index contributed by atoms with van der Waals surface area (Å²) in [4.78, 5) is 0. The Morgan fingerprint density at radius 3 is 2.93 bits per heavy atom. The van der Waals surface area contributed by atoms with E-state index in [1.807, 2.05) is 31.2 Å². The highest BCUT2D eigenvalue weighted by Gasteiger charge is 2.03. The van der Waals surface area contributed by atoms with Crippen LogP contribution in [0.15, 0.2) is 24.3 Å². The lowest BCUT2D eigenvalue weighted by atomic mass is 10.3. The van der Waals surface area contributed by atoms with Crippen molar-refractivity contribution in [1.29, 1.82) is 0 Å². The number of anilines is 1. The highest BCUT2D eigenvalue weighted by Crippen LogP contribution is 2.13. The summed E-state index contributed by atoms with van der Waals surface area (Å²) in [5, 5.41) is 14.6. The predicted molar refractivity (Wildman–Crippen MR) is 58.1 cm³/mol. The first-order chi connectivity index (χ1) is 7.31. The molecule has 0 radical (unpaired) electrons. The molecule has 0 bridgehead atoms. The highest BCUT2D eigenvalue weighted by atomic mass is 15.5. The molecule has 0 spiro atoms. The van der Waals surface area contributed by atoms with Crippen LogP contribution in [-0.4, -0.2) is 26.8 Å². The fraction of sp³-hybridized carbons (Fsp3) is 0.300. The lowest BCUT2D eigenvalue weighted by molar-refractivity contribution is 0.779. The second kappa shape index (κ2) is 4.08. The van der Waals surface area contributed by atoms with Crippen molar-refractivity contribution < 1.29 is 0 Å². The van der Waals surface area contributed by atoms with Crippen LogP contribution in [0.3, 0.4) is 0 Å². The molecule has 0 aliphatic carbocycles. The van der Waals surface area contributed by atoms with Gasteiger partial charge in [-0.2, -0.15) is 4.68 Å². The number of nitrogens with one attached hydrogen (secondary N) is 1. The number of nitrogens with zero attached hydrogens (tertiary/aromatic N) is 4. The maximum atomic E-state index is 3.92. The smallest absolute Gasteiger partial charge is 0.153 e. The van der Waals surface area contributed by atoms with Gasteiger partial charge in [0.25, 0.3) is 0 Å². The zero-order chi connectivity index (χ0) is 10.7. The first kappa shape index (κ1) is 9.64. The van der Waals surface area contributed by atoms with E-state index in [4.69, 9.17) is 0 Å². The average molecular weight is 203 g/mol. The normalized spacial score (nSPS) is 10.3. The summed E-state index contributed by atoms with van der Waals surface area (Å²) in [5.41, 5.74) is 2.04. The van der Waals surface area contributed by atoms with Crippen LogP contribution in [0.25, 0.3) is 5.69 Å². The SMILES string of the molecule is CCNc1cccc(-n2nnnc2C)c1. The number of rotatable bonds is 3. The Labute approximate surface area is 88.1 Å². The molecule has 1 heterocycles. The van der Waals surface area contributed by atoms with Crippen LogP contribution in [0.2, 0.25) is 0 Å². The Morgan fingerprint density at radius 1 is 1.40 bits per heavy atom. The topological polar surface area (TPSA) is 55.6 Å². The van der Waals surface area contributed by atoms with Crippen LogP contribution in [0.1, 0.15) is 12.7 Å². The molecule has 0 unspecified atom stereocenters. The van der Waals surface area contributed by atoms with Gasteiger partial charge in [0.15, 0.2) is 5.82 Å². The van der Waals surface area contributed by atoms with Gasteiger partial charge in [0.2, 0.25) is 0 Å². The molecule has 0 saturated heterocycles. The summed E-state index contributed by atoms with van der Waals surface area (Å²) < 4.78 is 1.71. The Bertz CT molecular complexity index is 449. The first-order valence-corrected chi connectivity index (χ1v) is 4.90. The zero-order valence-electron chi connectivity index (χ0n) is 8.81. The minimum Gasteiger partial charge on any atom is -0.385 e. The lowest BCUT2D eigenvalue weighted by Gasteiger charge is -2.06. The fourth-order valence-corrected chi connectivity index (χ4v) is 1.42. The molecule has 0 aliphatic heterocycles. The van der Waals surface area contributed by atoms with Gasteiger partial charge in [-0.25, -0.2) is 0 Å². The van der Waals surface area contributed by atoms with Crippen LogP contribution in [0.5, 0.6) is 0 Å². The minimum atomic E-state index is 0.781. The predicted octanol–water partition coefficient (Wildman–Crippen LogP) is 1.40. The molecular weight excluding hydrogens is 190 g/mol. The zero-order valence-corrected chi connectivity index (χ0v) is 8.81. The van der Waals surface area contributed by atoms with Gasteiger partial charge in [0.05, 0.1) is 5.69 Å². The van der Waals surface area contributed by atoms with Crippen molar-refractivity contribution >= 4 is 5.69 Å². The fourth-order valence-electron chi connectivity index (χ4n) is 1.42. The van der Waals surface area contributed by atoms with E-state index in [2.05, 4.69) is 27.8 Å². The van der Waals surface area contributed by atoms with Crippen molar-refractivity contribution in [2.75, 3.05) is 11.9 Å². The monoisotopic (exact) mass is 203 g/mol. The molecule has 5 heteroatoms. The maximum Gasteiger partial charge on any atom is 0.153 e. The number of hydrogen-bond donors (Lipinski definition) is 1. The van der Waals surface area contributed by atoms with E-state index in [-0.39, 0.29) is 0 Å². The molecular formula is C10H13N5. The van der Waals surface area contributed by atoms with Crippen LogP contribution in [-0.2, 0) is 0 Å². The second-order valence-corrected chi connectivity index (χ2v) is 3.22. The molecule has 2 rings (SSSR count). The molecule has 0 fully saturated rings. The van der Waals surface area contributed by atoms with Gasteiger partial charge in [-0.3, -0.25) is 0 Å². The van der Waals surface area contributed by atoms with E-state index in [0.717, 1.165) is 23.7 Å². The quantitative estimate of drug-likeness (QED) is 0.819. The number of benzene rings is 1. The Hall–Kier alpha value is -1.91. The average Bonchev–Trinajstić information content (AvgIpc) is 2.65. The largest absolute Gasteiger partial charge is 0.385 e. The van der Waals surface area contributed by atoms with E-state index in [1.54, 1.807) is 4.68 Å². The molecule has 1 N–H and O–H groups in total. The van der Waals surface area contributed by atoms with Gasteiger partial charge in [-0.05, 0) is 42.5 Å². The third-order valence-electron chi connectivity index (χ3n) is 2.10. The van der Waals surface area contributed by atoms with Gasteiger partial charge in [0.1, 0.15) is 0 Å². The van der Waals surface area contributed by atoms with Crippen LogP contribution in [0, 0.1) is 6.92 Å². The molecule has 78 valence electrons. The molecule has 0 amide bonds. The first-order valence-electron chi connectivity index (χ1n) is 4.90. The highest BCUT2D eigenvalue weighted by molar-refractivity contribution is 5.50. The van der Waals surface area contributed by atoms with Crippen molar-refractivity contribution in [3.05, 3.63) is 30.1 Å². The van der Waals surface area contributed by atoms with Crippen molar-refractivity contribution in [3.63, 3.8) is 0 Å². The summed E-state index contributed by atoms with van der Waals surface area (Å²) in [6.07, 6.45) is 0. The van der Waals surface area contributed by atoms with E-state index in [1.165, 1.54) is 0 Å². The van der Waals surface area contributed by atoms with Gasteiger partial charge < -0.3 is 5.32 Å². The van der Waals surface area contributed by atoms with E-state index < -0.39 is 0 Å². The number of aryl methyl sites for hydroxylation is 1. The van der Waals surface area contributed by atoms with E-state index >= 15 is 0 Å². The van der Waals surface area contributed by atoms with Crippen molar-refractivity contribution in [2.24, 2.45) is 0 Å². The van der Waals surface area contributed by atoms with E-state index in [9.17, 15) is 0 Å². The van der Waals surface area contributed by atoms with Gasteiger partial charge in [-0.15, -0.1) is 5.10 Å². The molecule has 1 aromatic heterocycles. The molecule has 2 aromatic rings. The Morgan fingerprint density at radius 2 is 2.27 bits per heavy atom. The summed E-state index contributed by atoms with van der Waals surface area (Å²) in [6, 6.07) is 8.00. The molecule has 5 nitrogen and oxygen atoms in total. The van der Waals surface area contributed by atoms with E-state index in [0.29, 0.717) is 0 Å². The maximum absolute atomic E-state index is 3.92. The Balaban J connectivity index is 2.37. The third-order valence-corrected chi connectivity index (χ3v) is 2.10. The van der Waals surface area contributed by atoms with Crippen molar-refractivity contribution in [1.82, 2.24) is 20.2 Å². The van der Waals surface area contributed by atoms with Crippen LogP contribution < -0.4 is 5.32 Å². The lowest BCUT2D eigenvalue weighted by Crippen LogP contribution is -2.01. The summed E-state index contributed by atoms with van der Waals surface area (Å²) in [6.45, 7) is 4.84. The molecule has 1 aromatic carbocycles. The number of hydrogen-bond acceptors (Lipinski definition) is 4. The van der Waals surface area contributed by atoms with Crippen molar-refractivity contribution in [2.45, 2.75) is 13.8 Å². The second-order valence-electron chi connectivity index (χ2n) is 3.22. The van der Waals surface area contributed by atoms with Gasteiger partial charge in [-0.1, -0.05) is 6.07 Å². The molecule has 0 saturated carbocycles. The number of aromatic nitrogens is 4.